The molecule has 2 aromatic carbocycles. The van der Waals surface area contributed by atoms with Crippen LogP contribution in [0.3, 0.4) is 0 Å². The van der Waals surface area contributed by atoms with Gasteiger partial charge in [-0.1, -0.05) is 24.3 Å². The van der Waals surface area contributed by atoms with Gasteiger partial charge in [0, 0.05) is 25.2 Å². The number of imide groups is 1. The van der Waals surface area contributed by atoms with Crippen LogP contribution in [-0.2, 0) is 16.1 Å². The van der Waals surface area contributed by atoms with Crippen LogP contribution in [-0.4, -0.2) is 36.5 Å². The van der Waals surface area contributed by atoms with Crippen LogP contribution in [0.15, 0.2) is 48.5 Å². The van der Waals surface area contributed by atoms with E-state index in [1.54, 1.807) is 35.2 Å². The molecule has 7 heteroatoms. The molecular weight excluding hydrogens is 334 g/mol. The van der Waals surface area contributed by atoms with Gasteiger partial charge in [-0.25, -0.2) is 14.5 Å². The van der Waals surface area contributed by atoms with Gasteiger partial charge in [-0.15, -0.1) is 0 Å². The molecule has 1 saturated heterocycles. The van der Waals surface area contributed by atoms with Crippen LogP contribution in [0, 0.1) is 0 Å². The summed E-state index contributed by atoms with van der Waals surface area (Å²) in [6.07, 6.45) is 0.177. The molecule has 0 aromatic heterocycles. The van der Waals surface area contributed by atoms with Crippen LogP contribution in [0.25, 0.3) is 0 Å². The predicted molar refractivity (Wildman–Crippen MR) is 96.5 cm³/mol. The number of rotatable bonds is 4. The van der Waals surface area contributed by atoms with Gasteiger partial charge < -0.3 is 15.4 Å². The second-order valence-electron chi connectivity index (χ2n) is 5.93. The fourth-order valence-corrected chi connectivity index (χ4v) is 2.86. The molecule has 7 nitrogen and oxygen atoms in total. The second kappa shape index (κ2) is 7.26. The number of amides is 3. The zero-order valence-corrected chi connectivity index (χ0v) is 14.3. The van der Waals surface area contributed by atoms with Crippen LogP contribution in [0.4, 0.5) is 16.2 Å². The molecule has 0 aliphatic carbocycles. The normalized spacial score (nSPS) is 14.5. The molecule has 0 spiro atoms. The van der Waals surface area contributed by atoms with Crippen molar-refractivity contribution in [2.45, 2.75) is 13.0 Å². The minimum atomic E-state index is -0.600. The molecular formula is C19H19N3O4. The summed E-state index contributed by atoms with van der Waals surface area (Å²) in [6.45, 7) is 0.669. The highest BCUT2D eigenvalue weighted by Gasteiger charge is 2.35. The number of nitrogens with two attached hydrogens (primary N) is 1. The number of anilines is 2. The first-order chi connectivity index (χ1) is 12.5. The van der Waals surface area contributed by atoms with Gasteiger partial charge in [-0.2, -0.15) is 0 Å². The summed E-state index contributed by atoms with van der Waals surface area (Å²) in [6, 6.07) is 13.2. The monoisotopic (exact) mass is 353 g/mol. The largest absolute Gasteiger partial charge is 0.465 e. The third-order valence-corrected chi connectivity index (χ3v) is 4.21. The Kier molecular flexibility index (Phi) is 4.88. The van der Waals surface area contributed by atoms with E-state index in [4.69, 9.17) is 10.5 Å². The summed E-state index contributed by atoms with van der Waals surface area (Å²) in [5.74, 6) is -0.947. The Morgan fingerprint density at radius 3 is 2.50 bits per heavy atom. The quantitative estimate of drug-likeness (QED) is 0.673. The number of nitrogen functional groups attached to an aromatic ring is 1. The molecule has 0 unspecified atom stereocenters. The molecule has 3 amide bonds. The van der Waals surface area contributed by atoms with Gasteiger partial charge in [0.25, 0.3) is 0 Å². The molecule has 0 saturated carbocycles. The molecule has 1 aliphatic rings. The topological polar surface area (TPSA) is 92.9 Å². The Morgan fingerprint density at radius 2 is 1.81 bits per heavy atom. The van der Waals surface area contributed by atoms with Gasteiger partial charge in [-0.05, 0) is 29.8 Å². The smallest absolute Gasteiger partial charge is 0.339 e. The summed E-state index contributed by atoms with van der Waals surface area (Å²) < 4.78 is 4.76. The van der Waals surface area contributed by atoms with Crippen molar-refractivity contribution in [3.63, 3.8) is 0 Å². The van der Waals surface area contributed by atoms with E-state index in [9.17, 15) is 14.4 Å². The highest BCUT2D eigenvalue weighted by Crippen LogP contribution is 2.26. The van der Waals surface area contributed by atoms with E-state index in [1.807, 2.05) is 12.1 Å². The van der Waals surface area contributed by atoms with Crippen LogP contribution >= 0.6 is 0 Å². The first-order valence-electron chi connectivity index (χ1n) is 8.15. The number of urea groups is 1. The first-order valence-corrected chi connectivity index (χ1v) is 8.15. The minimum absolute atomic E-state index is 0.172. The van der Waals surface area contributed by atoms with Crippen molar-refractivity contribution in [3.05, 3.63) is 59.7 Å². The lowest BCUT2D eigenvalue weighted by atomic mass is 10.1. The molecule has 0 radical (unpaired) electrons. The van der Waals surface area contributed by atoms with Crippen molar-refractivity contribution in [2.24, 2.45) is 0 Å². The van der Waals surface area contributed by atoms with Crippen molar-refractivity contribution in [1.29, 1.82) is 0 Å². The van der Waals surface area contributed by atoms with E-state index in [2.05, 4.69) is 0 Å². The van der Waals surface area contributed by atoms with Crippen molar-refractivity contribution >= 4 is 29.3 Å². The fraction of sp³-hybridized carbons (Fsp3) is 0.211. The van der Waals surface area contributed by atoms with Crippen molar-refractivity contribution in [2.75, 3.05) is 24.3 Å². The van der Waals surface area contributed by atoms with E-state index < -0.39 is 12.0 Å². The highest BCUT2D eigenvalue weighted by molar-refractivity contribution is 6.18. The number of nitrogens with zero attached hydrogens (tertiary/aromatic N) is 2. The molecule has 1 aliphatic heterocycles. The Morgan fingerprint density at radius 1 is 1.12 bits per heavy atom. The van der Waals surface area contributed by atoms with Gasteiger partial charge in [0.2, 0.25) is 5.91 Å². The zero-order chi connectivity index (χ0) is 18.7. The Hall–Kier alpha value is -3.35. The number of para-hydroxylation sites is 1. The van der Waals surface area contributed by atoms with E-state index in [1.165, 1.54) is 13.2 Å². The molecule has 0 atom stereocenters. The SMILES string of the molecule is COC(=O)c1ccccc1N1C(=O)CCN(Cc2ccc(N)cc2)C1=O. The third-order valence-electron chi connectivity index (χ3n) is 4.21. The summed E-state index contributed by atoms with van der Waals surface area (Å²) in [5.41, 5.74) is 7.64. The molecule has 134 valence electrons. The summed E-state index contributed by atoms with van der Waals surface area (Å²) in [5, 5.41) is 0. The number of ether oxygens (including phenoxy) is 1. The first kappa shape index (κ1) is 17.5. The lowest BCUT2D eigenvalue weighted by Crippen LogP contribution is -2.52. The van der Waals surface area contributed by atoms with Crippen LogP contribution < -0.4 is 10.6 Å². The van der Waals surface area contributed by atoms with E-state index in [0.717, 1.165) is 10.5 Å². The summed E-state index contributed by atoms with van der Waals surface area (Å²) in [4.78, 5) is 40.0. The number of benzene rings is 2. The zero-order valence-electron chi connectivity index (χ0n) is 14.3. The average molecular weight is 353 g/mol. The maximum atomic E-state index is 12.9. The van der Waals surface area contributed by atoms with Gasteiger partial charge in [0.15, 0.2) is 0 Å². The maximum Gasteiger partial charge on any atom is 0.339 e. The number of esters is 1. The molecule has 2 aromatic rings. The van der Waals surface area contributed by atoms with Crippen LogP contribution in [0.2, 0.25) is 0 Å². The van der Waals surface area contributed by atoms with Gasteiger partial charge in [0.05, 0.1) is 18.4 Å². The van der Waals surface area contributed by atoms with Gasteiger partial charge in [-0.3, -0.25) is 4.79 Å². The fourth-order valence-electron chi connectivity index (χ4n) is 2.86. The molecule has 2 N–H and O–H groups in total. The predicted octanol–water partition coefficient (Wildman–Crippen LogP) is 2.41. The average Bonchev–Trinajstić information content (AvgIpc) is 2.65. The maximum absolute atomic E-state index is 12.9. The lowest BCUT2D eigenvalue weighted by Gasteiger charge is -2.34. The molecule has 26 heavy (non-hydrogen) atoms. The molecule has 1 heterocycles. The van der Waals surface area contributed by atoms with Gasteiger partial charge in [0.1, 0.15) is 0 Å². The van der Waals surface area contributed by atoms with Gasteiger partial charge >= 0.3 is 12.0 Å². The Balaban J connectivity index is 1.90. The Labute approximate surface area is 150 Å². The van der Waals surface area contributed by atoms with E-state index >= 15 is 0 Å². The molecule has 0 bridgehead atoms. The second-order valence-corrected chi connectivity index (χ2v) is 5.93. The van der Waals surface area contributed by atoms with E-state index in [0.29, 0.717) is 18.8 Å². The van der Waals surface area contributed by atoms with Crippen molar-refractivity contribution in [3.8, 4) is 0 Å². The third kappa shape index (κ3) is 3.37. The minimum Gasteiger partial charge on any atom is -0.465 e. The van der Waals surface area contributed by atoms with E-state index in [-0.39, 0.29) is 23.6 Å². The number of hydrogen-bond acceptors (Lipinski definition) is 5. The highest BCUT2D eigenvalue weighted by atomic mass is 16.5. The van der Waals surface area contributed by atoms with Crippen LogP contribution in [0.5, 0.6) is 0 Å². The molecule has 3 rings (SSSR count). The summed E-state index contributed by atoms with van der Waals surface area (Å²) >= 11 is 0. The van der Waals surface area contributed by atoms with Crippen LogP contribution in [0.1, 0.15) is 22.3 Å². The number of hydrogen-bond donors (Lipinski definition) is 1. The number of carbonyl (C=O) groups is 3. The standard InChI is InChI=1S/C19H19N3O4/c1-26-18(24)15-4-2-3-5-16(15)22-17(23)10-11-21(19(22)25)12-13-6-8-14(20)9-7-13/h2-9H,10-12,20H2,1H3. The number of methoxy groups -OCH3 is 1. The molecule has 1 fully saturated rings. The van der Waals surface area contributed by atoms with Crippen molar-refractivity contribution < 1.29 is 19.1 Å². The van der Waals surface area contributed by atoms with Crippen molar-refractivity contribution in [1.82, 2.24) is 4.90 Å². The number of carbonyl (C=O) groups excluding carboxylic acids is 3. The lowest BCUT2D eigenvalue weighted by molar-refractivity contribution is -0.119. The Bertz CT molecular complexity index is 848. The summed E-state index contributed by atoms with van der Waals surface area (Å²) in [7, 11) is 1.26.